The number of hydrogen-bond donors (Lipinski definition) is 0. The quantitative estimate of drug-likeness (QED) is 0.162. The zero-order valence-electron chi connectivity index (χ0n) is 16.4. The first-order chi connectivity index (χ1) is 13.5. The van der Waals surface area contributed by atoms with E-state index in [4.69, 9.17) is 4.74 Å². The number of carbonyl (C=O) groups excluding carboxylic acids is 1. The Morgan fingerprint density at radius 2 is 1.09 bits per heavy atom. The van der Waals surface area contributed by atoms with E-state index < -0.39 is 42.9 Å². The van der Waals surface area contributed by atoms with Crippen molar-refractivity contribution in [2.75, 3.05) is 27.9 Å². The van der Waals surface area contributed by atoms with Crippen molar-refractivity contribution in [1.29, 1.82) is 0 Å². The number of carbonyl (C=O) groups is 1. The summed E-state index contributed by atoms with van der Waals surface area (Å²) < 4.78 is 167. The lowest BCUT2D eigenvalue weighted by Crippen LogP contribution is -2.48. The smallest absolute Gasteiger partial charge is 0.425 e. The molecule has 0 amide bonds. The lowest BCUT2D eigenvalue weighted by molar-refractivity contribution is -0.888. The molecule has 32 heavy (non-hydrogen) atoms. The third-order valence-electron chi connectivity index (χ3n) is 2.44. The molecule has 0 aliphatic rings. The normalized spacial score (nSPS) is 14.3. The van der Waals surface area contributed by atoms with E-state index in [2.05, 4.69) is 6.58 Å². The van der Waals surface area contributed by atoms with Gasteiger partial charge in [-0.3, -0.25) is 4.48 Å². The Bertz CT molecular complexity index is 848. The van der Waals surface area contributed by atoms with Gasteiger partial charge in [0.2, 0.25) is 6.73 Å². The standard InChI is InChI=1S/C8H16NO2.C4F10NO4S2/c1-7(2)8(10)11-6-9(3,4)5;5-1(6,7)3(11,12)20(16,17)15-21(18,19)4(13,14)2(8,9)10/h1,6H2,2-5H3;/q+1;-1. The minimum Gasteiger partial charge on any atom is -0.425 e. The van der Waals surface area contributed by atoms with Gasteiger partial charge >= 0.3 is 28.8 Å². The summed E-state index contributed by atoms with van der Waals surface area (Å²) >= 11 is 0. The van der Waals surface area contributed by atoms with Crippen molar-refractivity contribution in [2.24, 2.45) is 0 Å². The molecule has 0 N–H and O–H groups in total. The number of ether oxygens (including phenoxy) is 1. The molecule has 0 aromatic carbocycles. The number of quaternary nitrogens is 1. The van der Waals surface area contributed by atoms with Crippen molar-refractivity contribution in [3.8, 4) is 0 Å². The van der Waals surface area contributed by atoms with Gasteiger partial charge in [0.1, 0.15) is 0 Å². The lowest BCUT2D eigenvalue weighted by Gasteiger charge is -2.31. The highest BCUT2D eigenvalue weighted by Crippen LogP contribution is 2.47. The molecule has 0 heterocycles. The summed E-state index contributed by atoms with van der Waals surface area (Å²) in [5.74, 6) is -0.321. The van der Waals surface area contributed by atoms with Gasteiger partial charge in [0.25, 0.3) is 0 Å². The van der Waals surface area contributed by atoms with E-state index in [1.807, 2.05) is 21.1 Å². The molecule has 0 radical (unpaired) electrons. The first kappa shape index (κ1) is 32.5. The van der Waals surface area contributed by atoms with Gasteiger partial charge < -0.3 is 8.86 Å². The van der Waals surface area contributed by atoms with Crippen molar-refractivity contribution < 1.29 is 74.8 Å². The summed E-state index contributed by atoms with van der Waals surface area (Å²) in [6.45, 7) is 5.49. The van der Waals surface area contributed by atoms with Crippen molar-refractivity contribution in [3.05, 3.63) is 16.3 Å². The van der Waals surface area contributed by atoms with Gasteiger partial charge in [0.15, 0.2) is 20.0 Å². The van der Waals surface area contributed by atoms with E-state index in [-0.39, 0.29) is 5.97 Å². The van der Waals surface area contributed by atoms with Crippen LogP contribution in [-0.2, 0) is 29.6 Å². The van der Waals surface area contributed by atoms with Crippen LogP contribution in [0.15, 0.2) is 12.2 Å². The maximum atomic E-state index is 12.3. The molecule has 8 nitrogen and oxygen atoms in total. The summed E-state index contributed by atoms with van der Waals surface area (Å²) in [4.78, 5) is 10.9. The average Bonchev–Trinajstić information content (AvgIpc) is 2.48. The van der Waals surface area contributed by atoms with E-state index in [1.54, 1.807) is 6.92 Å². The molecular formula is C12H16F10N2O6S2. The SMILES string of the molecule is C=C(C)C(=O)OC[N+](C)(C)C.O=S(=O)([N-]S(=O)(=O)C(F)(F)C(F)(F)F)C(F)(F)C(F)(F)F. The summed E-state index contributed by atoms with van der Waals surface area (Å²) in [7, 11) is -9.39. The monoisotopic (exact) mass is 538 g/mol. The maximum Gasteiger partial charge on any atom is 0.467 e. The van der Waals surface area contributed by atoms with Crippen LogP contribution in [0.5, 0.6) is 0 Å². The molecule has 0 saturated carbocycles. The highest BCUT2D eigenvalue weighted by atomic mass is 32.3. The number of nitrogens with zero attached hydrogens (tertiary/aromatic N) is 2. The first-order valence-electron chi connectivity index (χ1n) is 7.29. The van der Waals surface area contributed by atoms with Gasteiger partial charge in [-0.1, -0.05) is 6.58 Å². The second-order valence-corrected chi connectivity index (χ2v) is 10.2. The van der Waals surface area contributed by atoms with Crippen LogP contribution < -0.4 is 0 Å². The number of sulfonamides is 2. The Balaban J connectivity index is 0. The predicted molar refractivity (Wildman–Crippen MR) is 87.0 cm³/mol. The molecule has 0 aliphatic heterocycles. The van der Waals surface area contributed by atoms with E-state index in [9.17, 15) is 65.5 Å². The molecule has 0 atom stereocenters. The van der Waals surface area contributed by atoms with Crippen LogP contribution in [0.1, 0.15) is 6.92 Å². The summed E-state index contributed by atoms with van der Waals surface area (Å²) in [5.41, 5.74) is 0.443. The predicted octanol–water partition coefficient (Wildman–Crippen LogP) is 3.10. The molecule has 0 bridgehead atoms. The van der Waals surface area contributed by atoms with Gasteiger partial charge in [-0.25, -0.2) is 21.6 Å². The van der Waals surface area contributed by atoms with Crippen LogP contribution in [0.25, 0.3) is 4.13 Å². The number of alkyl halides is 10. The molecule has 0 spiro atoms. The van der Waals surface area contributed by atoms with Gasteiger partial charge in [0, 0.05) is 5.57 Å². The van der Waals surface area contributed by atoms with Gasteiger partial charge in [-0.2, -0.15) is 43.9 Å². The number of esters is 1. The van der Waals surface area contributed by atoms with Crippen LogP contribution in [0.3, 0.4) is 0 Å². The Morgan fingerprint density at radius 1 is 0.812 bits per heavy atom. The molecule has 0 saturated heterocycles. The molecule has 192 valence electrons. The molecule has 0 fully saturated rings. The highest BCUT2D eigenvalue weighted by Gasteiger charge is 2.68. The number of halogens is 10. The number of rotatable bonds is 7. The average molecular weight is 538 g/mol. The maximum absolute atomic E-state index is 12.3. The van der Waals surface area contributed by atoms with Crippen molar-refractivity contribution in [2.45, 2.75) is 29.8 Å². The Labute approximate surface area is 175 Å². The topological polar surface area (TPSA) is 109 Å². The zero-order chi connectivity index (χ0) is 26.8. The largest absolute Gasteiger partial charge is 0.467 e. The Kier molecular flexibility index (Phi) is 9.83. The summed E-state index contributed by atoms with van der Waals surface area (Å²) in [5, 5.41) is -14.0. The second kappa shape index (κ2) is 9.67. The minimum absolute atomic E-state index is 0.321. The third-order valence-corrected chi connectivity index (χ3v) is 5.76. The fraction of sp³-hybridized carbons (Fsp3) is 0.750. The number of hydrogen-bond acceptors (Lipinski definition) is 6. The van der Waals surface area contributed by atoms with Crippen LogP contribution in [0.4, 0.5) is 43.9 Å². The van der Waals surface area contributed by atoms with E-state index in [1.165, 1.54) is 0 Å². The second-order valence-electron chi connectivity index (χ2n) is 6.69. The van der Waals surface area contributed by atoms with Crippen molar-refractivity contribution in [3.63, 3.8) is 0 Å². The molecule has 0 aromatic heterocycles. The van der Waals surface area contributed by atoms with Gasteiger partial charge in [0.05, 0.1) is 21.1 Å². The zero-order valence-corrected chi connectivity index (χ0v) is 18.0. The molecule has 0 aliphatic carbocycles. The van der Waals surface area contributed by atoms with Gasteiger partial charge in [-0.05, 0) is 6.92 Å². The molecule has 0 unspecified atom stereocenters. The van der Waals surface area contributed by atoms with Crippen molar-refractivity contribution in [1.82, 2.24) is 0 Å². The Hall–Kier alpha value is -1.67. The van der Waals surface area contributed by atoms with Crippen LogP contribution in [0, 0.1) is 0 Å². The highest BCUT2D eigenvalue weighted by molar-refractivity contribution is 8.13. The van der Waals surface area contributed by atoms with Crippen LogP contribution in [0.2, 0.25) is 0 Å². The lowest BCUT2D eigenvalue weighted by atomic mass is 10.4. The Morgan fingerprint density at radius 3 is 1.28 bits per heavy atom. The molecule has 0 rings (SSSR count). The summed E-state index contributed by atoms with van der Waals surface area (Å²) in [6.07, 6.45) is -14.0. The van der Waals surface area contributed by atoms with E-state index in [0.29, 0.717) is 20.9 Å². The van der Waals surface area contributed by atoms with Crippen LogP contribution >= 0.6 is 0 Å². The molecular weight excluding hydrogens is 522 g/mol. The molecule has 0 aromatic rings. The van der Waals surface area contributed by atoms with Gasteiger partial charge in [-0.15, -0.1) is 0 Å². The van der Waals surface area contributed by atoms with E-state index in [0.717, 1.165) is 0 Å². The fourth-order valence-electron chi connectivity index (χ4n) is 0.891. The van der Waals surface area contributed by atoms with Crippen LogP contribution in [-0.4, -0.2) is 78.0 Å². The third kappa shape index (κ3) is 8.35. The van der Waals surface area contributed by atoms with Crippen molar-refractivity contribution >= 4 is 26.0 Å². The fourth-order valence-corrected chi connectivity index (χ4v) is 3.26. The minimum atomic E-state index is -7.62. The molecule has 20 heteroatoms. The first-order valence-corrected chi connectivity index (χ1v) is 10.2. The van der Waals surface area contributed by atoms with E-state index >= 15 is 0 Å². The summed E-state index contributed by atoms with van der Waals surface area (Å²) in [6, 6.07) is 0.